The molecule has 4 heteroatoms. The molecule has 2 unspecified atom stereocenters. The number of benzene rings is 1. The number of carbonyl (C=O) groups is 1. The molecule has 0 aliphatic heterocycles. The normalized spacial score (nSPS) is 13.7. The smallest absolute Gasteiger partial charge is 0.237 e. The van der Waals surface area contributed by atoms with E-state index in [2.05, 4.69) is 5.32 Å². The molecule has 2 rings (SSSR count). The third-order valence-corrected chi connectivity index (χ3v) is 3.47. The molecule has 0 saturated carbocycles. The van der Waals surface area contributed by atoms with Gasteiger partial charge in [-0.15, -0.1) is 0 Å². The fraction of sp³-hybridized carbons (Fsp3) is 0.353. The van der Waals surface area contributed by atoms with Crippen LogP contribution in [0.15, 0.2) is 46.9 Å². The van der Waals surface area contributed by atoms with Crippen molar-refractivity contribution >= 4 is 5.91 Å². The largest absolute Gasteiger partial charge is 0.464 e. The van der Waals surface area contributed by atoms with Crippen LogP contribution in [0.5, 0.6) is 0 Å². The molecule has 0 radical (unpaired) electrons. The Hall–Kier alpha value is -2.07. The fourth-order valence-corrected chi connectivity index (χ4v) is 2.18. The van der Waals surface area contributed by atoms with Gasteiger partial charge in [-0.2, -0.15) is 0 Å². The second-order valence-electron chi connectivity index (χ2n) is 5.31. The summed E-state index contributed by atoms with van der Waals surface area (Å²) in [5.74, 6) is 1.43. The van der Waals surface area contributed by atoms with Crippen LogP contribution in [0.25, 0.3) is 0 Å². The van der Waals surface area contributed by atoms with Gasteiger partial charge in [-0.05, 0) is 44.4 Å². The van der Waals surface area contributed by atoms with Crippen LogP contribution in [0.4, 0.5) is 0 Å². The molecule has 0 bridgehead atoms. The topological polar surface area (TPSA) is 68.3 Å². The van der Waals surface area contributed by atoms with E-state index in [1.54, 1.807) is 0 Å². The summed E-state index contributed by atoms with van der Waals surface area (Å²) >= 11 is 0. The van der Waals surface area contributed by atoms with E-state index in [0.29, 0.717) is 6.42 Å². The van der Waals surface area contributed by atoms with Crippen LogP contribution in [0.2, 0.25) is 0 Å². The SMILES string of the molecule is Cc1ccc(C(C)NC(=O)C(N)CCc2ccccc2)o1. The lowest BCUT2D eigenvalue weighted by Crippen LogP contribution is -2.41. The maximum Gasteiger partial charge on any atom is 0.237 e. The van der Waals surface area contributed by atoms with Crippen molar-refractivity contribution in [3.05, 3.63) is 59.5 Å². The van der Waals surface area contributed by atoms with E-state index in [-0.39, 0.29) is 11.9 Å². The molecular weight excluding hydrogens is 264 g/mol. The zero-order chi connectivity index (χ0) is 15.2. The Labute approximate surface area is 125 Å². The maximum absolute atomic E-state index is 12.1. The van der Waals surface area contributed by atoms with Crippen molar-refractivity contribution in [2.45, 2.75) is 38.8 Å². The number of nitrogens with one attached hydrogen (secondary N) is 1. The summed E-state index contributed by atoms with van der Waals surface area (Å²) in [6.07, 6.45) is 1.42. The van der Waals surface area contributed by atoms with Crippen molar-refractivity contribution in [2.75, 3.05) is 0 Å². The molecule has 1 amide bonds. The Bertz CT molecular complexity index is 577. The third kappa shape index (κ3) is 4.46. The summed E-state index contributed by atoms with van der Waals surface area (Å²) < 4.78 is 5.50. The molecule has 0 aliphatic rings. The van der Waals surface area contributed by atoms with Crippen molar-refractivity contribution in [2.24, 2.45) is 5.73 Å². The highest BCUT2D eigenvalue weighted by atomic mass is 16.3. The predicted octanol–water partition coefficient (Wildman–Crippen LogP) is 2.73. The van der Waals surface area contributed by atoms with Gasteiger partial charge < -0.3 is 15.5 Å². The van der Waals surface area contributed by atoms with Crippen LogP contribution in [-0.4, -0.2) is 11.9 Å². The molecule has 1 aromatic heterocycles. The van der Waals surface area contributed by atoms with Crippen LogP contribution < -0.4 is 11.1 Å². The molecule has 0 fully saturated rings. The summed E-state index contributed by atoms with van der Waals surface area (Å²) in [5, 5.41) is 2.89. The Morgan fingerprint density at radius 3 is 2.57 bits per heavy atom. The number of rotatable bonds is 6. The molecular formula is C17H22N2O2. The fourth-order valence-electron chi connectivity index (χ4n) is 2.18. The van der Waals surface area contributed by atoms with Crippen LogP contribution in [0.3, 0.4) is 0 Å². The minimum Gasteiger partial charge on any atom is -0.464 e. The van der Waals surface area contributed by atoms with Crippen molar-refractivity contribution in [3.8, 4) is 0 Å². The molecule has 1 aromatic carbocycles. The van der Waals surface area contributed by atoms with Gasteiger partial charge in [0.05, 0.1) is 12.1 Å². The lowest BCUT2D eigenvalue weighted by molar-refractivity contribution is -0.123. The van der Waals surface area contributed by atoms with Crippen molar-refractivity contribution in [1.82, 2.24) is 5.32 Å². The van der Waals surface area contributed by atoms with E-state index in [0.717, 1.165) is 17.9 Å². The minimum atomic E-state index is -0.510. The highest BCUT2D eigenvalue weighted by molar-refractivity contribution is 5.81. The Kier molecular flexibility index (Phi) is 5.17. The van der Waals surface area contributed by atoms with Gasteiger partial charge in [-0.25, -0.2) is 0 Å². The number of hydrogen-bond acceptors (Lipinski definition) is 3. The molecule has 4 nitrogen and oxygen atoms in total. The van der Waals surface area contributed by atoms with Gasteiger partial charge in [0.15, 0.2) is 0 Å². The molecule has 2 atom stereocenters. The first kappa shape index (κ1) is 15.3. The number of nitrogens with two attached hydrogens (primary N) is 1. The quantitative estimate of drug-likeness (QED) is 0.858. The van der Waals surface area contributed by atoms with E-state index in [1.165, 1.54) is 5.56 Å². The highest BCUT2D eigenvalue weighted by Gasteiger charge is 2.18. The first-order valence-corrected chi connectivity index (χ1v) is 7.22. The highest BCUT2D eigenvalue weighted by Crippen LogP contribution is 2.15. The van der Waals surface area contributed by atoms with Crippen molar-refractivity contribution in [3.63, 3.8) is 0 Å². The Morgan fingerprint density at radius 2 is 1.95 bits per heavy atom. The summed E-state index contributed by atoms with van der Waals surface area (Å²) in [5.41, 5.74) is 7.14. The molecule has 0 spiro atoms. The molecule has 21 heavy (non-hydrogen) atoms. The van der Waals surface area contributed by atoms with Crippen molar-refractivity contribution < 1.29 is 9.21 Å². The van der Waals surface area contributed by atoms with Gasteiger partial charge in [0.2, 0.25) is 5.91 Å². The van der Waals surface area contributed by atoms with Gasteiger partial charge in [-0.3, -0.25) is 4.79 Å². The zero-order valence-electron chi connectivity index (χ0n) is 12.5. The summed E-state index contributed by atoms with van der Waals surface area (Å²) in [4.78, 5) is 12.1. The lowest BCUT2D eigenvalue weighted by atomic mass is 10.1. The van der Waals surface area contributed by atoms with Gasteiger partial charge in [-0.1, -0.05) is 30.3 Å². The monoisotopic (exact) mass is 286 g/mol. The van der Waals surface area contributed by atoms with E-state index in [1.807, 2.05) is 56.3 Å². The molecule has 2 aromatic rings. The van der Waals surface area contributed by atoms with Gasteiger partial charge in [0.1, 0.15) is 11.5 Å². The van der Waals surface area contributed by atoms with Crippen molar-refractivity contribution in [1.29, 1.82) is 0 Å². The van der Waals surface area contributed by atoms with Crippen LogP contribution in [-0.2, 0) is 11.2 Å². The Balaban J connectivity index is 1.82. The van der Waals surface area contributed by atoms with Crippen LogP contribution in [0, 0.1) is 6.92 Å². The summed E-state index contributed by atoms with van der Waals surface area (Å²) in [6.45, 7) is 3.77. The lowest BCUT2D eigenvalue weighted by Gasteiger charge is -2.16. The molecule has 3 N–H and O–H groups in total. The standard InChI is InChI=1S/C17H22N2O2/c1-12-8-11-16(21-12)13(2)19-17(20)15(18)10-9-14-6-4-3-5-7-14/h3-8,11,13,15H,9-10,18H2,1-2H3,(H,19,20). The van der Waals surface area contributed by atoms with Gasteiger partial charge >= 0.3 is 0 Å². The predicted molar refractivity (Wildman–Crippen MR) is 82.7 cm³/mol. The number of carbonyl (C=O) groups excluding carboxylic acids is 1. The van der Waals surface area contributed by atoms with E-state index in [9.17, 15) is 4.79 Å². The zero-order valence-corrected chi connectivity index (χ0v) is 12.5. The summed E-state index contributed by atoms with van der Waals surface area (Å²) in [7, 11) is 0. The van der Waals surface area contributed by atoms with Crippen LogP contribution in [0.1, 0.15) is 36.5 Å². The van der Waals surface area contributed by atoms with E-state index in [4.69, 9.17) is 10.2 Å². The number of furan rings is 1. The second kappa shape index (κ2) is 7.09. The third-order valence-electron chi connectivity index (χ3n) is 3.47. The van der Waals surface area contributed by atoms with E-state index >= 15 is 0 Å². The average Bonchev–Trinajstić information content (AvgIpc) is 2.92. The molecule has 0 saturated heterocycles. The van der Waals surface area contributed by atoms with E-state index < -0.39 is 6.04 Å². The number of amides is 1. The first-order valence-electron chi connectivity index (χ1n) is 7.22. The van der Waals surface area contributed by atoms with Gasteiger partial charge in [0.25, 0.3) is 0 Å². The number of hydrogen-bond donors (Lipinski definition) is 2. The molecule has 0 aliphatic carbocycles. The average molecular weight is 286 g/mol. The molecule has 1 heterocycles. The number of aryl methyl sites for hydroxylation is 2. The van der Waals surface area contributed by atoms with Gasteiger partial charge in [0, 0.05) is 0 Å². The second-order valence-corrected chi connectivity index (χ2v) is 5.31. The minimum absolute atomic E-state index is 0.146. The Morgan fingerprint density at radius 1 is 1.24 bits per heavy atom. The summed E-state index contributed by atoms with van der Waals surface area (Å²) in [6, 6.07) is 13.1. The maximum atomic E-state index is 12.1. The van der Waals surface area contributed by atoms with Crippen LogP contribution >= 0.6 is 0 Å². The first-order chi connectivity index (χ1) is 10.1. The molecule has 112 valence electrons.